The summed E-state index contributed by atoms with van der Waals surface area (Å²) in [6.45, 7) is 3.10. The number of nitrogens with one attached hydrogen (secondary N) is 1. The van der Waals surface area contributed by atoms with Crippen LogP contribution in [0.15, 0.2) is 18.3 Å². The fourth-order valence-corrected chi connectivity index (χ4v) is 5.10. The molecule has 0 unspecified atom stereocenters. The molecule has 35 heavy (non-hydrogen) atoms. The second kappa shape index (κ2) is 8.67. The zero-order valence-electron chi connectivity index (χ0n) is 19.3. The van der Waals surface area contributed by atoms with Crippen molar-refractivity contribution in [3.63, 3.8) is 0 Å². The van der Waals surface area contributed by atoms with E-state index in [1.807, 2.05) is 0 Å². The van der Waals surface area contributed by atoms with Crippen molar-refractivity contribution in [2.75, 3.05) is 31.7 Å². The lowest BCUT2D eigenvalue weighted by molar-refractivity contribution is -0.116. The third-order valence-corrected chi connectivity index (χ3v) is 6.97. The number of aryl methyl sites for hydroxylation is 2. The van der Waals surface area contributed by atoms with Crippen LogP contribution < -0.4 is 19.5 Å². The molecule has 9 nitrogen and oxygen atoms in total. The van der Waals surface area contributed by atoms with Crippen LogP contribution in [0.4, 0.5) is 10.1 Å². The molecule has 0 radical (unpaired) electrons. The van der Waals surface area contributed by atoms with Crippen LogP contribution in [0.2, 0.25) is 0 Å². The van der Waals surface area contributed by atoms with Gasteiger partial charge in [-0.3, -0.25) is 9.59 Å². The lowest BCUT2D eigenvalue weighted by atomic mass is 10.1. The molecule has 2 amide bonds. The molecule has 2 fully saturated rings. The van der Waals surface area contributed by atoms with E-state index in [0.717, 1.165) is 5.56 Å². The summed E-state index contributed by atoms with van der Waals surface area (Å²) >= 11 is 0. The van der Waals surface area contributed by atoms with Gasteiger partial charge in [0.05, 0.1) is 31.5 Å². The molecular weight excluding hydrogens is 457 g/mol. The second-order valence-corrected chi connectivity index (χ2v) is 9.44. The summed E-state index contributed by atoms with van der Waals surface area (Å²) in [5.41, 5.74) is 2.14. The molecular formula is C25H26FN3O6. The van der Waals surface area contributed by atoms with E-state index in [9.17, 15) is 9.59 Å². The largest absolute Gasteiger partial charge is 0.490 e. The number of anilines is 1. The van der Waals surface area contributed by atoms with Crippen LogP contribution in [0.3, 0.4) is 0 Å². The second-order valence-electron chi connectivity index (χ2n) is 9.44. The number of nitrogens with zero attached hydrogens (tertiary/aromatic N) is 2. The zero-order valence-corrected chi connectivity index (χ0v) is 19.3. The van der Waals surface area contributed by atoms with Gasteiger partial charge in [-0.15, -0.1) is 0 Å². The first-order valence-electron chi connectivity index (χ1n) is 11.9. The van der Waals surface area contributed by atoms with E-state index in [2.05, 4.69) is 10.3 Å². The van der Waals surface area contributed by atoms with Gasteiger partial charge in [0, 0.05) is 31.5 Å². The Bertz CT molecular complexity index is 1200. The number of aromatic nitrogens is 1. The molecule has 4 aliphatic rings. The third kappa shape index (κ3) is 4.05. The lowest BCUT2D eigenvalue weighted by Gasteiger charge is -2.22. The molecule has 0 saturated carbocycles. The molecule has 2 saturated heterocycles. The van der Waals surface area contributed by atoms with Gasteiger partial charge in [0.1, 0.15) is 30.1 Å². The van der Waals surface area contributed by atoms with E-state index in [0.29, 0.717) is 68.3 Å². The topological polar surface area (TPSA) is 99.2 Å². The van der Waals surface area contributed by atoms with Gasteiger partial charge >= 0.3 is 0 Å². The van der Waals surface area contributed by atoms with E-state index < -0.39 is 5.82 Å². The van der Waals surface area contributed by atoms with E-state index in [1.54, 1.807) is 30.2 Å². The molecule has 5 heterocycles. The van der Waals surface area contributed by atoms with Gasteiger partial charge in [-0.1, -0.05) is 0 Å². The Kier molecular flexibility index (Phi) is 5.47. The van der Waals surface area contributed by atoms with Crippen molar-refractivity contribution in [3.05, 3.63) is 40.8 Å². The maximum absolute atomic E-state index is 15.2. The Morgan fingerprint density at radius 2 is 2.06 bits per heavy atom. The highest BCUT2D eigenvalue weighted by Crippen LogP contribution is 2.40. The average Bonchev–Trinajstić information content (AvgIpc) is 3.47. The number of carbonyl (C=O) groups is 2. The Morgan fingerprint density at radius 3 is 2.89 bits per heavy atom. The summed E-state index contributed by atoms with van der Waals surface area (Å²) in [5.74, 6) is -0.283. The fraction of sp³-hybridized carbons (Fsp3) is 0.480. The first kappa shape index (κ1) is 22.1. The standard InChI is InChI=1S/C25H26FN3O6/c1-13-6-19-22(24(23(13)26)35-16-4-5-32-12-16)25(31)29-10-17(7-15(29)11-33-19)34-21-8-18-14(9-27-21)2-3-20(30)28-18/h6,8-9,15-17H,2-5,7,10-12H2,1H3,(H,28,30)/t15-,16-,17+/m1/s1. The minimum absolute atomic E-state index is 0.0324. The first-order chi connectivity index (χ1) is 17.0. The lowest BCUT2D eigenvalue weighted by Crippen LogP contribution is -2.37. The highest BCUT2D eigenvalue weighted by atomic mass is 19.1. The summed E-state index contributed by atoms with van der Waals surface area (Å²) in [4.78, 5) is 31.4. The van der Waals surface area contributed by atoms with Gasteiger partial charge in [-0.05, 0) is 30.5 Å². The van der Waals surface area contributed by atoms with Crippen LogP contribution in [0, 0.1) is 12.7 Å². The Balaban J connectivity index is 1.24. The normalized spacial score (nSPS) is 25.2. The molecule has 10 heteroatoms. The van der Waals surface area contributed by atoms with Crippen molar-refractivity contribution < 1.29 is 32.9 Å². The molecule has 2 aromatic rings. The van der Waals surface area contributed by atoms with Gasteiger partial charge in [-0.25, -0.2) is 9.37 Å². The Hall–Kier alpha value is -3.40. The van der Waals surface area contributed by atoms with Crippen LogP contribution in [0.5, 0.6) is 17.4 Å². The highest BCUT2D eigenvalue weighted by molar-refractivity contribution is 6.00. The van der Waals surface area contributed by atoms with Crippen molar-refractivity contribution in [2.24, 2.45) is 0 Å². The number of amides is 2. The molecule has 184 valence electrons. The van der Waals surface area contributed by atoms with Gasteiger partial charge in [0.25, 0.3) is 5.91 Å². The zero-order chi connectivity index (χ0) is 24.1. The van der Waals surface area contributed by atoms with Crippen molar-refractivity contribution in [3.8, 4) is 17.4 Å². The number of ether oxygens (including phenoxy) is 4. The third-order valence-electron chi connectivity index (χ3n) is 6.97. The van der Waals surface area contributed by atoms with Crippen molar-refractivity contribution in [1.29, 1.82) is 0 Å². The monoisotopic (exact) mass is 483 g/mol. The molecule has 6 rings (SSSR count). The summed E-state index contributed by atoms with van der Waals surface area (Å²) < 4.78 is 38.6. The summed E-state index contributed by atoms with van der Waals surface area (Å²) in [6.07, 6.45) is 3.34. The molecule has 0 spiro atoms. The molecule has 0 bridgehead atoms. The van der Waals surface area contributed by atoms with E-state index in [-0.39, 0.29) is 48.0 Å². The van der Waals surface area contributed by atoms with E-state index in [4.69, 9.17) is 18.9 Å². The van der Waals surface area contributed by atoms with Crippen LogP contribution in [-0.4, -0.2) is 66.3 Å². The van der Waals surface area contributed by atoms with Gasteiger partial charge < -0.3 is 29.2 Å². The first-order valence-corrected chi connectivity index (χ1v) is 11.9. The Labute approximate surface area is 201 Å². The number of halogens is 1. The predicted octanol–water partition coefficient (Wildman–Crippen LogP) is 2.64. The number of hydrogen-bond donors (Lipinski definition) is 1. The van der Waals surface area contributed by atoms with Crippen LogP contribution in [-0.2, 0) is 16.0 Å². The summed E-state index contributed by atoms with van der Waals surface area (Å²) in [5, 5.41) is 2.85. The Morgan fingerprint density at radius 1 is 1.17 bits per heavy atom. The predicted molar refractivity (Wildman–Crippen MR) is 122 cm³/mol. The maximum Gasteiger partial charge on any atom is 0.262 e. The fourth-order valence-electron chi connectivity index (χ4n) is 5.10. The number of pyridine rings is 1. The number of fused-ring (bicyclic) bond motifs is 3. The van der Waals surface area contributed by atoms with Gasteiger partial charge in [0.15, 0.2) is 11.6 Å². The molecule has 1 aromatic heterocycles. The highest BCUT2D eigenvalue weighted by Gasteiger charge is 2.43. The maximum atomic E-state index is 15.2. The number of benzene rings is 1. The SMILES string of the molecule is Cc1cc2c(c(O[C@@H]3CCOC3)c1F)C(=O)N1C[C@@H](Oc3cc4c(cn3)CCC(=O)N4)C[C@@H]1CO2. The number of rotatable bonds is 4. The average molecular weight is 483 g/mol. The minimum Gasteiger partial charge on any atom is -0.490 e. The minimum atomic E-state index is -0.557. The number of hydrogen-bond acceptors (Lipinski definition) is 7. The van der Waals surface area contributed by atoms with Crippen LogP contribution in [0.25, 0.3) is 0 Å². The van der Waals surface area contributed by atoms with Crippen molar-refractivity contribution in [2.45, 2.75) is 50.9 Å². The molecule has 0 aliphatic carbocycles. The van der Waals surface area contributed by atoms with Crippen LogP contribution in [0.1, 0.15) is 40.7 Å². The molecule has 1 aromatic carbocycles. The van der Waals surface area contributed by atoms with Crippen molar-refractivity contribution in [1.82, 2.24) is 9.88 Å². The molecule has 1 N–H and O–H groups in total. The smallest absolute Gasteiger partial charge is 0.262 e. The quantitative estimate of drug-likeness (QED) is 0.714. The molecule has 4 aliphatic heterocycles. The van der Waals surface area contributed by atoms with Crippen molar-refractivity contribution >= 4 is 17.5 Å². The summed E-state index contributed by atoms with van der Waals surface area (Å²) in [6, 6.07) is 3.04. The van der Waals surface area contributed by atoms with Gasteiger partial charge in [-0.2, -0.15) is 0 Å². The summed E-state index contributed by atoms with van der Waals surface area (Å²) in [7, 11) is 0. The molecule has 3 atom stereocenters. The van der Waals surface area contributed by atoms with E-state index in [1.165, 1.54) is 0 Å². The van der Waals surface area contributed by atoms with Gasteiger partial charge in [0.2, 0.25) is 11.8 Å². The van der Waals surface area contributed by atoms with Crippen LogP contribution >= 0.6 is 0 Å². The van der Waals surface area contributed by atoms with E-state index >= 15 is 4.39 Å². The number of carbonyl (C=O) groups excluding carboxylic acids is 2.